The van der Waals surface area contributed by atoms with Gasteiger partial charge in [0.15, 0.2) is 0 Å². The summed E-state index contributed by atoms with van der Waals surface area (Å²) < 4.78 is 6.14. The molecule has 1 fully saturated rings. The maximum absolute atomic E-state index is 6.14. The van der Waals surface area contributed by atoms with Crippen LogP contribution in [0.5, 0.6) is 5.75 Å². The lowest BCUT2D eigenvalue weighted by molar-refractivity contribution is -0.0141. The molecule has 0 aromatic heterocycles. The summed E-state index contributed by atoms with van der Waals surface area (Å²) in [5, 5.41) is 4.60. The van der Waals surface area contributed by atoms with Crippen LogP contribution in [-0.2, 0) is 0 Å². The second kappa shape index (κ2) is 6.14. The molecule has 1 aromatic carbocycles. The van der Waals surface area contributed by atoms with Gasteiger partial charge in [-0.25, -0.2) is 0 Å². The van der Waals surface area contributed by atoms with Crippen LogP contribution in [0.4, 0.5) is 0 Å². The van der Waals surface area contributed by atoms with Gasteiger partial charge in [-0.2, -0.15) is 0 Å². The summed E-state index contributed by atoms with van der Waals surface area (Å²) in [6.45, 7) is 4.11. The van der Waals surface area contributed by atoms with Crippen molar-refractivity contribution in [2.45, 2.75) is 38.2 Å². The van der Waals surface area contributed by atoms with Crippen LogP contribution in [0.3, 0.4) is 0 Å². The standard InChI is InChI=1S/C14H19Cl2NO/c1-2-17-7-6-14(4-3-5-14)18-13-9-11(15)8-12(16)10-13/h8-10,17H,2-7H2,1H3. The molecule has 1 aliphatic rings. The van der Waals surface area contributed by atoms with Crippen LogP contribution in [-0.4, -0.2) is 18.7 Å². The monoisotopic (exact) mass is 287 g/mol. The molecule has 1 aliphatic carbocycles. The summed E-state index contributed by atoms with van der Waals surface area (Å²) >= 11 is 12.0. The number of nitrogens with one attached hydrogen (secondary N) is 1. The number of halogens is 2. The summed E-state index contributed by atoms with van der Waals surface area (Å²) in [5.74, 6) is 0.781. The maximum Gasteiger partial charge on any atom is 0.123 e. The Morgan fingerprint density at radius 3 is 2.39 bits per heavy atom. The first-order valence-corrected chi connectivity index (χ1v) is 7.25. The number of rotatable bonds is 6. The number of benzene rings is 1. The van der Waals surface area contributed by atoms with Gasteiger partial charge in [-0.1, -0.05) is 30.1 Å². The van der Waals surface area contributed by atoms with Gasteiger partial charge < -0.3 is 10.1 Å². The number of hydrogen-bond acceptors (Lipinski definition) is 2. The molecule has 0 bridgehead atoms. The van der Waals surface area contributed by atoms with Crippen molar-refractivity contribution in [2.24, 2.45) is 0 Å². The van der Waals surface area contributed by atoms with Gasteiger partial charge in [0.05, 0.1) is 0 Å². The van der Waals surface area contributed by atoms with E-state index in [1.54, 1.807) is 6.07 Å². The molecule has 4 heteroatoms. The predicted octanol–water partition coefficient (Wildman–Crippen LogP) is 4.29. The van der Waals surface area contributed by atoms with Gasteiger partial charge in [0.1, 0.15) is 11.4 Å². The lowest BCUT2D eigenvalue weighted by atomic mass is 9.77. The third-order valence-corrected chi connectivity index (χ3v) is 3.88. The SMILES string of the molecule is CCNCCC1(Oc2cc(Cl)cc(Cl)c2)CCC1. The third kappa shape index (κ3) is 3.53. The van der Waals surface area contributed by atoms with Crippen molar-refractivity contribution >= 4 is 23.2 Å². The Hall–Kier alpha value is -0.440. The minimum Gasteiger partial charge on any atom is -0.487 e. The van der Waals surface area contributed by atoms with Crippen molar-refractivity contribution < 1.29 is 4.74 Å². The molecular formula is C14H19Cl2NO. The molecule has 0 radical (unpaired) electrons. The first-order valence-electron chi connectivity index (χ1n) is 6.49. The summed E-state index contributed by atoms with van der Waals surface area (Å²) in [5.41, 5.74) is -0.0177. The zero-order chi connectivity index (χ0) is 13.0. The quantitative estimate of drug-likeness (QED) is 0.788. The molecule has 0 spiro atoms. The molecule has 1 aromatic rings. The zero-order valence-corrected chi connectivity index (χ0v) is 12.2. The van der Waals surface area contributed by atoms with E-state index < -0.39 is 0 Å². The lowest BCUT2D eigenvalue weighted by Crippen LogP contribution is -2.45. The molecule has 18 heavy (non-hydrogen) atoms. The highest BCUT2D eigenvalue weighted by Gasteiger charge is 2.38. The molecule has 2 rings (SSSR count). The van der Waals surface area contributed by atoms with E-state index >= 15 is 0 Å². The van der Waals surface area contributed by atoms with E-state index in [0.717, 1.165) is 38.1 Å². The van der Waals surface area contributed by atoms with E-state index in [4.69, 9.17) is 27.9 Å². The highest BCUT2D eigenvalue weighted by molar-refractivity contribution is 6.34. The normalized spacial score (nSPS) is 17.3. The minimum atomic E-state index is -0.0177. The van der Waals surface area contributed by atoms with Gasteiger partial charge in [0, 0.05) is 10.0 Å². The highest BCUT2D eigenvalue weighted by atomic mass is 35.5. The Kier molecular flexibility index (Phi) is 4.77. The average molecular weight is 288 g/mol. The molecule has 2 nitrogen and oxygen atoms in total. The van der Waals surface area contributed by atoms with E-state index in [-0.39, 0.29) is 5.60 Å². The zero-order valence-electron chi connectivity index (χ0n) is 10.6. The molecule has 0 unspecified atom stereocenters. The van der Waals surface area contributed by atoms with E-state index in [0.29, 0.717) is 10.0 Å². The molecule has 1 saturated carbocycles. The van der Waals surface area contributed by atoms with Crippen LogP contribution in [0.15, 0.2) is 18.2 Å². The summed E-state index contributed by atoms with van der Waals surface area (Å²) in [6.07, 6.45) is 4.50. The molecule has 100 valence electrons. The first kappa shape index (κ1) is 14.0. The van der Waals surface area contributed by atoms with Gasteiger partial charge >= 0.3 is 0 Å². The van der Waals surface area contributed by atoms with Gasteiger partial charge in [0.2, 0.25) is 0 Å². The summed E-state index contributed by atoms with van der Waals surface area (Å²) in [6, 6.07) is 5.39. The van der Waals surface area contributed by atoms with Crippen molar-refractivity contribution in [3.8, 4) is 5.75 Å². The smallest absolute Gasteiger partial charge is 0.123 e. The molecule has 0 atom stereocenters. The number of ether oxygens (including phenoxy) is 1. The van der Waals surface area contributed by atoms with Crippen LogP contribution in [0.1, 0.15) is 32.6 Å². The van der Waals surface area contributed by atoms with Crippen molar-refractivity contribution in [1.29, 1.82) is 0 Å². The average Bonchev–Trinajstić information content (AvgIpc) is 2.24. The Morgan fingerprint density at radius 2 is 1.89 bits per heavy atom. The Morgan fingerprint density at radius 1 is 1.22 bits per heavy atom. The summed E-state index contributed by atoms with van der Waals surface area (Å²) in [4.78, 5) is 0. The third-order valence-electron chi connectivity index (χ3n) is 3.44. The molecule has 0 heterocycles. The van der Waals surface area contributed by atoms with Crippen LogP contribution in [0.2, 0.25) is 10.0 Å². The Balaban J connectivity index is 2.00. The van der Waals surface area contributed by atoms with Crippen LogP contribution in [0, 0.1) is 0 Å². The van der Waals surface area contributed by atoms with Crippen molar-refractivity contribution in [1.82, 2.24) is 5.32 Å². The Labute approximate surface area is 119 Å². The second-order valence-corrected chi connectivity index (χ2v) is 5.72. The van der Waals surface area contributed by atoms with E-state index in [2.05, 4.69) is 12.2 Å². The van der Waals surface area contributed by atoms with Crippen LogP contribution in [0.25, 0.3) is 0 Å². The van der Waals surface area contributed by atoms with Gasteiger partial charge in [0.25, 0.3) is 0 Å². The molecule has 0 amide bonds. The molecule has 1 N–H and O–H groups in total. The fourth-order valence-corrected chi connectivity index (χ4v) is 2.81. The fraction of sp³-hybridized carbons (Fsp3) is 0.571. The maximum atomic E-state index is 6.14. The van der Waals surface area contributed by atoms with E-state index in [9.17, 15) is 0 Å². The summed E-state index contributed by atoms with van der Waals surface area (Å²) in [7, 11) is 0. The topological polar surface area (TPSA) is 21.3 Å². The second-order valence-electron chi connectivity index (χ2n) is 4.85. The van der Waals surface area contributed by atoms with Gasteiger partial charge in [-0.15, -0.1) is 0 Å². The van der Waals surface area contributed by atoms with Crippen LogP contribution >= 0.6 is 23.2 Å². The number of hydrogen-bond donors (Lipinski definition) is 1. The minimum absolute atomic E-state index is 0.0177. The van der Waals surface area contributed by atoms with Gasteiger partial charge in [-0.3, -0.25) is 0 Å². The van der Waals surface area contributed by atoms with Crippen molar-refractivity contribution in [3.63, 3.8) is 0 Å². The van der Waals surface area contributed by atoms with E-state index in [1.807, 2.05) is 12.1 Å². The molecule has 0 saturated heterocycles. The fourth-order valence-electron chi connectivity index (χ4n) is 2.30. The van der Waals surface area contributed by atoms with E-state index in [1.165, 1.54) is 6.42 Å². The molecule has 0 aliphatic heterocycles. The molecular weight excluding hydrogens is 269 g/mol. The predicted molar refractivity (Wildman–Crippen MR) is 76.8 cm³/mol. The Bertz CT molecular complexity index is 385. The first-order chi connectivity index (χ1) is 8.63. The van der Waals surface area contributed by atoms with Crippen LogP contribution < -0.4 is 10.1 Å². The largest absolute Gasteiger partial charge is 0.487 e. The lowest BCUT2D eigenvalue weighted by Gasteiger charge is -2.42. The van der Waals surface area contributed by atoms with Gasteiger partial charge in [-0.05, 0) is 57.0 Å². The highest BCUT2D eigenvalue weighted by Crippen LogP contribution is 2.40. The van der Waals surface area contributed by atoms with Crippen molar-refractivity contribution in [2.75, 3.05) is 13.1 Å². The van der Waals surface area contributed by atoms with Crippen molar-refractivity contribution in [3.05, 3.63) is 28.2 Å².